The fourth-order valence-electron chi connectivity index (χ4n) is 4.12. The minimum absolute atomic E-state index is 0.479. The van der Waals surface area contributed by atoms with E-state index in [1.165, 1.54) is 0 Å². The molecule has 7 nitrogen and oxygen atoms in total. The molecule has 32 heavy (non-hydrogen) atoms. The van der Waals surface area contributed by atoms with Gasteiger partial charge in [0.2, 0.25) is 0 Å². The largest absolute Gasteiger partial charge is 0.478 e. The molecule has 0 unspecified atom stereocenters. The number of ether oxygens (including phenoxy) is 2. The Morgan fingerprint density at radius 2 is 1.88 bits per heavy atom. The van der Waals surface area contributed by atoms with Crippen molar-refractivity contribution < 1.29 is 19.1 Å². The maximum atomic E-state index is 12.6. The number of hydrogen-bond donors (Lipinski definition) is 1. The lowest BCUT2D eigenvalue weighted by atomic mass is 10.1. The van der Waals surface area contributed by atoms with E-state index in [9.17, 15) is 9.59 Å². The molecular weight excluding hydrogens is 406 g/mol. The topological polar surface area (TPSA) is 81.9 Å². The van der Waals surface area contributed by atoms with E-state index in [-0.39, 0.29) is 0 Å². The quantitative estimate of drug-likeness (QED) is 0.465. The summed E-state index contributed by atoms with van der Waals surface area (Å²) < 4.78 is 13.9. The zero-order valence-electron chi connectivity index (χ0n) is 17.4. The van der Waals surface area contributed by atoms with Gasteiger partial charge in [-0.05, 0) is 42.3 Å². The van der Waals surface area contributed by atoms with Gasteiger partial charge in [-0.2, -0.15) is 0 Å². The van der Waals surface area contributed by atoms with Crippen LogP contribution in [0.4, 0.5) is 10.5 Å². The summed E-state index contributed by atoms with van der Waals surface area (Å²) in [5, 5.41) is 2.76. The van der Waals surface area contributed by atoms with Crippen molar-refractivity contribution in [1.82, 2.24) is 9.38 Å². The van der Waals surface area contributed by atoms with Gasteiger partial charge < -0.3 is 9.47 Å². The molecule has 0 saturated heterocycles. The highest BCUT2D eigenvalue weighted by atomic mass is 16.6. The Bertz CT molecular complexity index is 1300. The number of rotatable bonds is 5. The van der Waals surface area contributed by atoms with Crippen LogP contribution in [0, 0.1) is 6.92 Å². The fraction of sp³-hybridized carbons (Fsp3) is 0.160. The van der Waals surface area contributed by atoms with Gasteiger partial charge in [-0.25, -0.2) is 9.78 Å². The van der Waals surface area contributed by atoms with E-state index < -0.39 is 18.3 Å². The van der Waals surface area contributed by atoms with Gasteiger partial charge in [-0.15, -0.1) is 0 Å². The van der Waals surface area contributed by atoms with Gasteiger partial charge in [0.05, 0.1) is 5.69 Å². The van der Waals surface area contributed by atoms with Gasteiger partial charge in [0.1, 0.15) is 11.8 Å². The van der Waals surface area contributed by atoms with Gasteiger partial charge in [0.25, 0.3) is 0 Å². The number of carbonyl (C=O) groups excluding carboxylic acids is 2. The number of fused-ring (bicyclic) bond motifs is 2. The Morgan fingerprint density at radius 3 is 2.69 bits per heavy atom. The Hall–Kier alpha value is -4.13. The van der Waals surface area contributed by atoms with Gasteiger partial charge in [0.15, 0.2) is 23.8 Å². The second kappa shape index (κ2) is 8.19. The van der Waals surface area contributed by atoms with E-state index >= 15 is 0 Å². The molecule has 2 aromatic carbocycles. The van der Waals surface area contributed by atoms with E-state index in [1.54, 1.807) is 41.8 Å². The molecule has 2 aromatic heterocycles. The summed E-state index contributed by atoms with van der Waals surface area (Å²) in [4.78, 5) is 28.6. The average molecular weight is 427 g/mol. The number of aryl methyl sites for hydroxylation is 1. The van der Waals surface area contributed by atoms with Crippen LogP contribution < -0.4 is 10.1 Å². The molecule has 0 fully saturated rings. The van der Waals surface area contributed by atoms with Crippen LogP contribution in [0.2, 0.25) is 0 Å². The molecule has 1 aliphatic carbocycles. The number of nitrogens with zero attached hydrogens (tertiary/aromatic N) is 2. The first kappa shape index (κ1) is 19.8. The number of carbonyl (C=O) groups is 2. The predicted octanol–water partition coefficient (Wildman–Crippen LogP) is 4.75. The first-order chi connectivity index (χ1) is 15.6. The van der Waals surface area contributed by atoms with Gasteiger partial charge >= 0.3 is 6.09 Å². The number of pyridine rings is 1. The van der Waals surface area contributed by atoms with Crippen molar-refractivity contribution in [3.05, 3.63) is 95.4 Å². The third kappa shape index (κ3) is 3.58. The highest BCUT2D eigenvalue weighted by Crippen LogP contribution is 2.38. The molecule has 1 aliphatic rings. The summed E-state index contributed by atoms with van der Waals surface area (Å²) in [6, 6.07) is 20.6. The molecule has 1 N–H and O–H groups in total. The lowest BCUT2D eigenvalue weighted by molar-refractivity contribution is 0.0333. The highest BCUT2D eigenvalue weighted by Gasteiger charge is 2.37. The molecule has 2 atom stereocenters. The summed E-state index contributed by atoms with van der Waals surface area (Å²) in [6.07, 6.45) is 1.54. The van der Waals surface area contributed by atoms with Crippen LogP contribution in [0.3, 0.4) is 0 Å². The Balaban J connectivity index is 1.44. The molecule has 7 heteroatoms. The second-order valence-corrected chi connectivity index (χ2v) is 7.64. The number of para-hydroxylation sites is 1. The van der Waals surface area contributed by atoms with Crippen LogP contribution in [0.25, 0.3) is 5.65 Å². The van der Waals surface area contributed by atoms with Crippen LogP contribution >= 0.6 is 0 Å². The van der Waals surface area contributed by atoms with E-state index in [4.69, 9.17) is 9.47 Å². The van der Waals surface area contributed by atoms with Crippen LogP contribution in [0.15, 0.2) is 72.9 Å². The van der Waals surface area contributed by atoms with Crippen molar-refractivity contribution in [1.29, 1.82) is 0 Å². The molecule has 0 aliphatic heterocycles. The molecule has 0 saturated carbocycles. The number of imidazole rings is 1. The molecule has 160 valence electrons. The van der Waals surface area contributed by atoms with Crippen molar-refractivity contribution in [2.75, 3.05) is 5.32 Å². The first-order valence-electron chi connectivity index (χ1n) is 10.3. The van der Waals surface area contributed by atoms with E-state index in [0.717, 1.165) is 17.4 Å². The number of hydrogen-bond acceptors (Lipinski definition) is 5. The third-order valence-electron chi connectivity index (χ3n) is 5.60. The van der Waals surface area contributed by atoms with Crippen LogP contribution in [0.1, 0.15) is 33.4 Å². The smallest absolute Gasteiger partial charge is 0.412 e. The molecule has 0 spiro atoms. The van der Waals surface area contributed by atoms with Crippen molar-refractivity contribution in [2.24, 2.45) is 0 Å². The lowest BCUT2D eigenvalue weighted by Gasteiger charge is -2.22. The molecule has 0 bridgehead atoms. The second-order valence-electron chi connectivity index (χ2n) is 7.64. The number of aromatic nitrogens is 2. The number of nitrogens with one attached hydrogen (secondary N) is 1. The van der Waals surface area contributed by atoms with Gasteiger partial charge in [-0.1, -0.05) is 42.5 Å². The van der Waals surface area contributed by atoms with E-state index in [1.807, 2.05) is 42.5 Å². The first-order valence-corrected chi connectivity index (χ1v) is 10.3. The zero-order chi connectivity index (χ0) is 22.1. The lowest BCUT2D eigenvalue weighted by Crippen LogP contribution is -2.28. The molecule has 2 heterocycles. The maximum Gasteiger partial charge on any atom is 0.412 e. The van der Waals surface area contributed by atoms with Crippen LogP contribution in [-0.4, -0.2) is 27.9 Å². The summed E-state index contributed by atoms with van der Waals surface area (Å²) in [5.41, 5.74) is 4.33. The van der Waals surface area contributed by atoms with Crippen molar-refractivity contribution in [2.45, 2.75) is 25.6 Å². The summed E-state index contributed by atoms with van der Waals surface area (Å²) in [6.45, 7) is 1.78. The summed E-state index contributed by atoms with van der Waals surface area (Å²) >= 11 is 0. The molecule has 0 radical (unpaired) electrons. The predicted molar refractivity (Wildman–Crippen MR) is 119 cm³/mol. The number of aldehydes is 1. The Labute approximate surface area is 184 Å². The number of benzene rings is 2. The van der Waals surface area contributed by atoms with E-state index in [2.05, 4.69) is 10.3 Å². The van der Waals surface area contributed by atoms with Gasteiger partial charge in [0, 0.05) is 18.3 Å². The van der Waals surface area contributed by atoms with Crippen molar-refractivity contribution in [3.8, 4) is 5.75 Å². The van der Waals surface area contributed by atoms with Gasteiger partial charge in [-0.3, -0.25) is 14.5 Å². The molecule has 1 amide bonds. The fourth-order valence-corrected chi connectivity index (χ4v) is 4.12. The Kier molecular flexibility index (Phi) is 5.07. The maximum absolute atomic E-state index is 12.6. The normalized spacial score (nSPS) is 17.0. The SMILES string of the molecule is Cc1nc2c(O[C@@H]3c4ccccc4C[C@H]3OC(=O)Nc3ccccc3)cccn2c1C=O. The average Bonchev–Trinajstić information content (AvgIpc) is 3.31. The van der Waals surface area contributed by atoms with Crippen LogP contribution in [0.5, 0.6) is 5.75 Å². The summed E-state index contributed by atoms with van der Waals surface area (Å²) in [5.74, 6) is 0.516. The minimum Gasteiger partial charge on any atom is -0.478 e. The van der Waals surface area contributed by atoms with Crippen molar-refractivity contribution in [3.63, 3.8) is 0 Å². The van der Waals surface area contributed by atoms with Crippen LogP contribution in [-0.2, 0) is 11.2 Å². The molecule has 5 rings (SSSR count). The van der Waals surface area contributed by atoms with Crippen molar-refractivity contribution >= 4 is 23.7 Å². The molecular formula is C25H21N3O4. The Morgan fingerprint density at radius 1 is 1.09 bits per heavy atom. The molecule has 4 aromatic rings. The number of amides is 1. The standard InChI is InChI=1S/C25H21N3O4/c1-16-20(15-29)28-13-7-12-21(24(28)26-16)31-23-19-11-6-5-8-17(19)14-22(23)32-25(30)27-18-9-3-2-4-10-18/h2-13,15,22-23H,14H2,1H3,(H,27,30)/t22-,23-/m1/s1. The minimum atomic E-state index is -0.541. The third-order valence-corrected chi connectivity index (χ3v) is 5.60. The monoisotopic (exact) mass is 427 g/mol. The highest BCUT2D eigenvalue weighted by molar-refractivity contribution is 5.84. The number of anilines is 1. The summed E-state index contributed by atoms with van der Waals surface area (Å²) in [7, 11) is 0. The van der Waals surface area contributed by atoms with E-state index in [0.29, 0.717) is 34.9 Å². The zero-order valence-corrected chi connectivity index (χ0v) is 17.4.